The second-order valence-electron chi connectivity index (χ2n) is 12.8. The summed E-state index contributed by atoms with van der Waals surface area (Å²) < 4.78 is 124. The SMILES string of the molecule is Cn1c2ccc1c1ccc([nH]1)c(-c1ccc(C(F)(F)F)cc1)c1ccc([nH]1)c(-c1ccc(C(F)(F)F)cc1)c1nc(c2-c2ccc(C(F)(F)F)cc2)C=C1. The molecule has 0 fully saturated rings. The van der Waals surface area contributed by atoms with Gasteiger partial charge in [-0.25, -0.2) is 4.98 Å². The highest BCUT2D eigenvalue weighted by Crippen LogP contribution is 2.40. The minimum absolute atomic E-state index is 0.351. The number of nitrogens with one attached hydrogen (secondary N) is 2. The number of hydrogen-bond acceptors (Lipinski definition) is 1. The molecule has 4 nitrogen and oxygen atoms in total. The summed E-state index contributed by atoms with van der Waals surface area (Å²) in [5.74, 6) is 0. The van der Waals surface area contributed by atoms with Crippen LogP contribution in [0, 0.1) is 0 Å². The topological polar surface area (TPSA) is 49.4 Å². The first-order valence-electron chi connectivity index (χ1n) is 16.4. The zero-order chi connectivity index (χ0) is 38.2. The van der Waals surface area contributed by atoms with Crippen LogP contribution in [0.1, 0.15) is 28.1 Å². The van der Waals surface area contributed by atoms with E-state index in [0.717, 1.165) is 36.4 Å². The van der Waals surface area contributed by atoms with Crippen LogP contribution in [0.4, 0.5) is 39.5 Å². The largest absolute Gasteiger partial charge is 0.416 e. The second kappa shape index (κ2) is 12.4. The monoisotopic (exact) mass is 744 g/mol. The normalized spacial score (nSPS) is 12.9. The number of aromatic amines is 2. The molecule has 1 aliphatic heterocycles. The zero-order valence-electron chi connectivity index (χ0n) is 27.8. The van der Waals surface area contributed by atoms with E-state index in [4.69, 9.17) is 4.98 Å². The quantitative estimate of drug-likeness (QED) is 0.174. The van der Waals surface area contributed by atoms with Gasteiger partial charge in [0.1, 0.15) is 0 Å². The molecule has 8 rings (SSSR count). The van der Waals surface area contributed by atoms with Crippen LogP contribution in [-0.2, 0) is 25.6 Å². The van der Waals surface area contributed by atoms with Gasteiger partial charge in [0.2, 0.25) is 0 Å². The average Bonchev–Trinajstić information content (AvgIpc) is 3.95. The van der Waals surface area contributed by atoms with Crippen molar-refractivity contribution in [1.29, 1.82) is 0 Å². The van der Waals surface area contributed by atoms with Crippen LogP contribution in [-0.4, -0.2) is 19.5 Å². The fraction of sp³-hybridized carbons (Fsp3) is 0.0976. The summed E-state index contributed by atoms with van der Waals surface area (Å²) in [4.78, 5) is 11.7. The second-order valence-corrected chi connectivity index (χ2v) is 12.8. The van der Waals surface area contributed by atoms with Crippen molar-refractivity contribution in [2.75, 3.05) is 0 Å². The molecule has 5 heterocycles. The van der Waals surface area contributed by atoms with Gasteiger partial charge in [0.15, 0.2) is 0 Å². The van der Waals surface area contributed by atoms with E-state index >= 15 is 0 Å². The third-order valence-electron chi connectivity index (χ3n) is 9.49. The molecule has 0 radical (unpaired) electrons. The lowest BCUT2D eigenvalue weighted by Gasteiger charge is -2.10. The Hall–Kier alpha value is -6.24. The first kappa shape index (κ1) is 34.8. The highest BCUT2D eigenvalue weighted by Gasteiger charge is 2.32. The van der Waals surface area contributed by atoms with Crippen molar-refractivity contribution >= 4 is 45.3 Å². The maximum Gasteiger partial charge on any atom is 0.416 e. The van der Waals surface area contributed by atoms with Gasteiger partial charge in [-0.3, -0.25) is 0 Å². The van der Waals surface area contributed by atoms with Gasteiger partial charge in [-0.05, 0) is 102 Å². The number of rotatable bonds is 3. The van der Waals surface area contributed by atoms with Crippen LogP contribution in [0.15, 0.2) is 109 Å². The number of hydrogen-bond donors (Lipinski definition) is 2. The summed E-state index contributed by atoms with van der Waals surface area (Å²) in [7, 11) is 1.79. The Labute approximate surface area is 300 Å². The molecule has 0 spiro atoms. The first-order valence-corrected chi connectivity index (χ1v) is 16.4. The molecule has 0 atom stereocenters. The molecule has 8 bridgehead atoms. The van der Waals surface area contributed by atoms with Crippen molar-refractivity contribution in [1.82, 2.24) is 19.5 Å². The van der Waals surface area contributed by atoms with Gasteiger partial charge in [-0.1, -0.05) is 36.4 Å². The molecule has 0 unspecified atom stereocenters. The van der Waals surface area contributed by atoms with Crippen molar-refractivity contribution < 1.29 is 39.5 Å². The van der Waals surface area contributed by atoms with Crippen LogP contribution in [0.5, 0.6) is 0 Å². The van der Waals surface area contributed by atoms with Crippen LogP contribution < -0.4 is 0 Å². The van der Waals surface area contributed by atoms with Gasteiger partial charge in [0.25, 0.3) is 0 Å². The van der Waals surface area contributed by atoms with Gasteiger partial charge in [0.05, 0.1) is 44.6 Å². The van der Waals surface area contributed by atoms with Crippen LogP contribution in [0.25, 0.3) is 78.6 Å². The third-order valence-corrected chi connectivity index (χ3v) is 9.49. The lowest BCUT2D eigenvalue weighted by Crippen LogP contribution is -2.04. The maximum absolute atomic E-state index is 13.6. The summed E-state index contributed by atoms with van der Waals surface area (Å²) >= 11 is 0. The summed E-state index contributed by atoms with van der Waals surface area (Å²) in [5.41, 5.74) is 4.36. The molecule has 272 valence electrons. The van der Waals surface area contributed by atoms with Gasteiger partial charge in [-0.15, -0.1) is 0 Å². The van der Waals surface area contributed by atoms with E-state index in [1.54, 1.807) is 43.5 Å². The molecule has 13 heteroatoms. The Morgan fingerprint density at radius 1 is 0.407 bits per heavy atom. The van der Waals surface area contributed by atoms with E-state index in [2.05, 4.69) is 9.97 Å². The minimum atomic E-state index is -4.59. The van der Waals surface area contributed by atoms with E-state index in [0.29, 0.717) is 77.9 Å². The Bertz CT molecular complexity index is 2700. The fourth-order valence-corrected chi connectivity index (χ4v) is 6.85. The number of aromatic nitrogens is 4. The first-order chi connectivity index (χ1) is 25.6. The Kier molecular flexibility index (Phi) is 8.02. The molecule has 0 saturated heterocycles. The van der Waals surface area contributed by atoms with E-state index in [1.165, 1.54) is 36.4 Å². The van der Waals surface area contributed by atoms with Crippen molar-refractivity contribution in [3.8, 4) is 33.4 Å². The summed E-state index contributed by atoms with van der Waals surface area (Å²) in [6.07, 6.45) is -10.3. The van der Waals surface area contributed by atoms with Crippen LogP contribution in [0.3, 0.4) is 0 Å². The van der Waals surface area contributed by atoms with E-state index in [-0.39, 0.29) is 0 Å². The number of alkyl halides is 9. The summed E-state index contributed by atoms with van der Waals surface area (Å²) in [6.45, 7) is 0. The Balaban J connectivity index is 1.50. The van der Waals surface area contributed by atoms with Crippen molar-refractivity contribution in [3.05, 3.63) is 137 Å². The lowest BCUT2D eigenvalue weighted by molar-refractivity contribution is -0.138. The summed E-state index contributed by atoms with van der Waals surface area (Å²) in [5, 5.41) is 0. The van der Waals surface area contributed by atoms with Crippen molar-refractivity contribution in [3.63, 3.8) is 0 Å². The smallest absolute Gasteiger partial charge is 0.354 e. The highest BCUT2D eigenvalue weighted by atomic mass is 19.4. The molecule has 0 aliphatic carbocycles. The molecule has 7 aromatic rings. The average molecular weight is 745 g/mol. The number of halogens is 9. The van der Waals surface area contributed by atoms with Crippen LogP contribution in [0.2, 0.25) is 0 Å². The molecular formula is C41H25F9N4. The number of fused-ring (bicyclic) bond motifs is 9. The predicted molar refractivity (Wildman–Crippen MR) is 191 cm³/mol. The molecule has 54 heavy (non-hydrogen) atoms. The zero-order valence-corrected chi connectivity index (χ0v) is 27.8. The van der Waals surface area contributed by atoms with E-state index in [1.807, 2.05) is 16.7 Å². The fourth-order valence-electron chi connectivity index (χ4n) is 6.85. The molecule has 1 aliphatic rings. The van der Waals surface area contributed by atoms with Crippen molar-refractivity contribution in [2.24, 2.45) is 7.05 Å². The predicted octanol–water partition coefficient (Wildman–Crippen LogP) is 12.8. The molecule has 3 aromatic carbocycles. The molecule has 0 amide bonds. The lowest BCUT2D eigenvalue weighted by atomic mass is 10.0. The molecule has 4 aromatic heterocycles. The number of H-pyrrole nitrogens is 2. The number of nitrogens with zero attached hydrogens (tertiary/aromatic N) is 2. The van der Waals surface area contributed by atoms with Gasteiger partial charge < -0.3 is 14.5 Å². The molecule has 0 saturated carbocycles. The summed E-state index contributed by atoms with van der Waals surface area (Å²) in [6, 6.07) is 24.6. The Morgan fingerprint density at radius 2 is 0.759 bits per heavy atom. The van der Waals surface area contributed by atoms with E-state index in [9.17, 15) is 39.5 Å². The number of aryl methyl sites for hydroxylation is 1. The van der Waals surface area contributed by atoms with Gasteiger partial charge in [-0.2, -0.15) is 39.5 Å². The van der Waals surface area contributed by atoms with Crippen LogP contribution >= 0.6 is 0 Å². The highest BCUT2D eigenvalue weighted by molar-refractivity contribution is 6.00. The standard InChI is InChI=1S/C41H25F9N4/c1-54-34-20-21-35(54)38(24-6-12-27(13-7-24)41(48,49)50)33-19-18-32(53-33)37(23-4-10-26(11-5-23)40(45,46)47)31-17-16-30(52-31)36(29-15-14-28(34)51-29)22-2-8-25(9-3-22)39(42,43)44/h2-21,51-52H,1H3. The van der Waals surface area contributed by atoms with Gasteiger partial charge >= 0.3 is 18.5 Å². The van der Waals surface area contributed by atoms with Crippen molar-refractivity contribution in [2.45, 2.75) is 18.5 Å². The Morgan fingerprint density at radius 3 is 1.22 bits per heavy atom. The number of benzene rings is 3. The molecule has 2 N–H and O–H groups in total. The van der Waals surface area contributed by atoms with Gasteiger partial charge in [0, 0.05) is 40.3 Å². The maximum atomic E-state index is 13.6. The third kappa shape index (κ3) is 6.18. The van der Waals surface area contributed by atoms with E-state index < -0.39 is 35.2 Å². The minimum Gasteiger partial charge on any atom is -0.354 e. The molecular weight excluding hydrogens is 719 g/mol.